The van der Waals surface area contributed by atoms with Gasteiger partial charge in [0.05, 0.1) is 11.6 Å². The van der Waals surface area contributed by atoms with Crippen LogP contribution in [0.4, 0.5) is 0 Å². The molecule has 4 heteroatoms. The Kier molecular flexibility index (Phi) is 5.86. The maximum absolute atomic E-state index is 5.23. The molecule has 0 aromatic heterocycles. The van der Waals surface area contributed by atoms with Crippen LogP contribution in [-0.4, -0.2) is 24.7 Å². The van der Waals surface area contributed by atoms with E-state index in [0.29, 0.717) is 0 Å². The van der Waals surface area contributed by atoms with Gasteiger partial charge in [-0.2, -0.15) is 11.8 Å². The van der Waals surface area contributed by atoms with E-state index >= 15 is 0 Å². The largest absolute Gasteiger partial charge is 0.496 e. The molecule has 2 nitrogen and oxygen atoms in total. The number of rotatable bonds is 5. The van der Waals surface area contributed by atoms with Gasteiger partial charge in [0.15, 0.2) is 0 Å². The Morgan fingerprint density at radius 3 is 3.00 bits per heavy atom. The number of ether oxygens (including phenoxy) is 1. The Morgan fingerprint density at radius 2 is 2.33 bits per heavy atom. The molecular formula is C14H20BrNOS. The van der Waals surface area contributed by atoms with E-state index in [-0.39, 0.29) is 0 Å². The normalized spacial score (nSPS) is 19.8. The molecule has 1 saturated heterocycles. The van der Waals surface area contributed by atoms with E-state index in [9.17, 15) is 0 Å². The molecule has 0 amide bonds. The van der Waals surface area contributed by atoms with E-state index in [1.165, 1.54) is 30.6 Å². The Hall–Kier alpha value is -0.190. The lowest BCUT2D eigenvalue weighted by molar-refractivity contribution is 0.412. The monoisotopic (exact) mass is 329 g/mol. The highest BCUT2D eigenvalue weighted by Gasteiger charge is 2.13. The Balaban J connectivity index is 1.77. The van der Waals surface area contributed by atoms with Crippen LogP contribution in [0.3, 0.4) is 0 Å². The summed E-state index contributed by atoms with van der Waals surface area (Å²) in [6.45, 7) is 2.05. The standard InChI is InChI=1S/C14H20BrNOS/c1-17-14-6-5-11(8-13(14)15)9-16-10-12-4-2-3-7-18-12/h5-6,8,12,16H,2-4,7,9-10H2,1H3. The third kappa shape index (κ3) is 4.18. The van der Waals surface area contributed by atoms with Crippen molar-refractivity contribution in [3.63, 3.8) is 0 Å². The van der Waals surface area contributed by atoms with Crippen molar-refractivity contribution in [1.29, 1.82) is 0 Å². The summed E-state index contributed by atoms with van der Waals surface area (Å²) in [5, 5.41) is 4.36. The van der Waals surface area contributed by atoms with Crippen molar-refractivity contribution in [1.82, 2.24) is 5.32 Å². The molecule has 1 atom stereocenters. The molecular weight excluding hydrogens is 310 g/mol. The van der Waals surface area contributed by atoms with Crippen molar-refractivity contribution in [2.24, 2.45) is 0 Å². The van der Waals surface area contributed by atoms with Crippen molar-refractivity contribution in [3.8, 4) is 5.75 Å². The number of halogens is 1. The molecule has 100 valence electrons. The summed E-state index contributed by atoms with van der Waals surface area (Å²) < 4.78 is 6.25. The summed E-state index contributed by atoms with van der Waals surface area (Å²) in [5.41, 5.74) is 1.29. The minimum atomic E-state index is 0.806. The summed E-state index contributed by atoms with van der Waals surface area (Å²) >= 11 is 5.63. The van der Waals surface area contributed by atoms with Gasteiger partial charge in [0, 0.05) is 18.3 Å². The van der Waals surface area contributed by atoms with E-state index in [4.69, 9.17) is 4.74 Å². The molecule has 18 heavy (non-hydrogen) atoms. The van der Waals surface area contributed by atoms with E-state index in [1.54, 1.807) is 7.11 Å². The quantitative estimate of drug-likeness (QED) is 0.886. The van der Waals surface area contributed by atoms with Crippen LogP contribution in [0.1, 0.15) is 24.8 Å². The summed E-state index contributed by atoms with van der Waals surface area (Å²) in [5.74, 6) is 2.22. The van der Waals surface area contributed by atoms with Gasteiger partial charge in [-0.3, -0.25) is 0 Å². The molecule has 0 spiro atoms. The van der Waals surface area contributed by atoms with E-state index in [1.807, 2.05) is 6.07 Å². The number of nitrogens with one attached hydrogen (secondary N) is 1. The first-order valence-electron chi connectivity index (χ1n) is 6.44. The smallest absolute Gasteiger partial charge is 0.133 e. The first-order valence-corrected chi connectivity index (χ1v) is 8.28. The molecule has 1 unspecified atom stereocenters. The number of hydrogen-bond donors (Lipinski definition) is 1. The number of thioether (sulfide) groups is 1. The van der Waals surface area contributed by atoms with Gasteiger partial charge >= 0.3 is 0 Å². The fourth-order valence-corrected chi connectivity index (χ4v) is 4.03. The molecule has 1 heterocycles. The maximum Gasteiger partial charge on any atom is 0.133 e. The zero-order valence-electron chi connectivity index (χ0n) is 10.7. The van der Waals surface area contributed by atoms with Crippen molar-refractivity contribution in [3.05, 3.63) is 28.2 Å². The molecule has 1 aliphatic rings. The van der Waals surface area contributed by atoms with Crippen LogP contribution in [0.25, 0.3) is 0 Å². The van der Waals surface area contributed by atoms with Gasteiger partial charge in [0.1, 0.15) is 5.75 Å². The highest BCUT2D eigenvalue weighted by molar-refractivity contribution is 9.10. The van der Waals surface area contributed by atoms with Gasteiger partial charge < -0.3 is 10.1 Å². The fraction of sp³-hybridized carbons (Fsp3) is 0.571. The zero-order chi connectivity index (χ0) is 12.8. The van der Waals surface area contributed by atoms with Gasteiger partial charge in [-0.15, -0.1) is 0 Å². The minimum absolute atomic E-state index is 0.806. The van der Waals surface area contributed by atoms with Crippen LogP contribution in [0.2, 0.25) is 0 Å². The molecule has 0 aliphatic carbocycles. The molecule has 0 bridgehead atoms. The maximum atomic E-state index is 5.23. The summed E-state index contributed by atoms with van der Waals surface area (Å²) in [7, 11) is 1.69. The van der Waals surface area contributed by atoms with Gasteiger partial charge in [0.25, 0.3) is 0 Å². The van der Waals surface area contributed by atoms with Crippen molar-refractivity contribution >= 4 is 27.7 Å². The molecule has 1 aromatic carbocycles. The Bertz CT molecular complexity index is 380. The average Bonchev–Trinajstić information content (AvgIpc) is 2.40. The highest BCUT2D eigenvalue weighted by atomic mass is 79.9. The zero-order valence-corrected chi connectivity index (χ0v) is 13.1. The van der Waals surface area contributed by atoms with Crippen LogP contribution >= 0.6 is 27.7 Å². The molecule has 0 saturated carbocycles. The molecule has 1 aromatic rings. The number of hydrogen-bond acceptors (Lipinski definition) is 3. The topological polar surface area (TPSA) is 21.3 Å². The highest BCUT2D eigenvalue weighted by Crippen LogP contribution is 2.26. The summed E-state index contributed by atoms with van der Waals surface area (Å²) in [4.78, 5) is 0. The lowest BCUT2D eigenvalue weighted by Gasteiger charge is -2.21. The van der Waals surface area contributed by atoms with Gasteiger partial charge in [-0.1, -0.05) is 12.5 Å². The fourth-order valence-electron chi connectivity index (χ4n) is 2.17. The predicted molar refractivity (Wildman–Crippen MR) is 82.5 cm³/mol. The second kappa shape index (κ2) is 7.41. The number of methoxy groups -OCH3 is 1. The first-order chi connectivity index (χ1) is 8.79. The third-order valence-corrected chi connectivity index (χ3v) is 5.21. The molecule has 1 fully saturated rings. The van der Waals surface area contributed by atoms with Crippen LogP contribution in [0.15, 0.2) is 22.7 Å². The summed E-state index contributed by atoms with van der Waals surface area (Å²) in [6, 6.07) is 6.25. The Morgan fingerprint density at radius 1 is 1.44 bits per heavy atom. The lowest BCUT2D eigenvalue weighted by Crippen LogP contribution is -2.26. The van der Waals surface area contributed by atoms with E-state index in [2.05, 4.69) is 45.1 Å². The van der Waals surface area contributed by atoms with Crippen LogP contribution in [0, 0.1) is 0 Å². The van der Waals surface area contributed by atoms with E-state index in [0.717, 1.165) is 28.6 Å². The van der Waals surface area contributed by atoms with Crippen LogP contribution in [-0.2, 0) is 6.54 Å². The lowest BCUT2D eigenvalue weighted by atomic mass is 10.2. The van der Waals surface area contributed by atoms with Gasteiger partial charge in [-0.25, -0.2) is 0 Å². The second-order valence-electron chi connectivity index (χ2n) is 4.59. The van der Waals surface area contributed by atoms with E-state index < -0.39 is 0 Å². The molecule has 1 N–H and O–H groups in total. The molecule has 1 aliphatic heterocycles. The van der Waals surface area contributed by atoms with Crippen LogP contribution < -0.4 is 10.1 Å². The van der Waals surface area contributed by atoms with Crippen molar-refractivity contribution in [2.45, 2.75) is 31.1 Å². The van der Waals surface area contributed by atoms with Crippen molar-refractivity contribution in [2.75, 3.05) is 19.4 Å². The van der Waals surface area contributed by atoms with Gasteiger partial charge in [0.2, 0.25) is 0 Å². The average molecular weight is 330 g/mol. The summed E-state index contributed by atoms with van der Waals surface area (Å²) in [6.07, 6.45) is 4.16. The molecule has 2 rings (SSSR count). The third-order valence-electron chi connectivity index (χ3n) is 3.19. The predicted octanol–water partition coefficient (Wildman–Crippen LogP) is 3.83. The number of benzene rings is 1. The first kappa shape index (κ1) is 14.2. The SMILES string of the molecule is COc1ccc(CNCC2CCCCS2)cc1Br. The van der Waals surface area contributed by atoms with Crippen molar-refractivity contribution < 1.29 is 4.74 Å². The van der Waals surface area contributed by atoms with Gasteiger partial charge in [-0.05, 0) is 52.2 Å². The minimum Gasteiger partial charge on any atom is -0.496 e. The Labute approximate surface area is 122 Å². The molecule has 0 radical (unpaired) electrons. The second-order valence-corrected chi connectivity index (χ2v) is 6.85. The van der Waals surface area contributed by atoms with Crippen LogP contribution in [0.5, 0.6) is 5.75 Å².